The summed E-state index contributed by atoms with van der Waals surface area (Å²) in [5.74, 6) is -0.508. The molecule has 2 aromatic rings. The van der Waals surface area contributed by atoms with Crippen molar-refractivity contribution in [3.8, 4) is 0 Å². The van der Waals surface area contributed by atoms with Crippen molar-refractivity contribution in [1.82, 2.24) is 4.90 Å². The Balaban J connectivity index is 1.63. The van der Waals surface area contributed by atoms with Gasteiger partial charge in [-0.15, -0.1) is 0 Å². The highest BCUT2D eigenvalue weighted by atomic mass is 35.5. The van der Waals surface area contributed by atoms with Gasteiger partial charge < -0.3 is 14.1 Å². The number of nitrogens with zero attached hydrogens (tertiary/aromatic N) is 1. The minimum Gasteiger partial charge on any atom is -0.459 e. The first kappa shape index (κ1) is 16.9. The van der Waals surface area contributed by atoms with E-state index in [1.165, 1.54) is 11.2 Å². The summed E-state index contributed by atoms with van der Waals surface area (Å²) in [5.41, 5.74) is 0.736. The Kier molecular flexibility index (Phi) is 5.11. The molecule has 0 spiro atoms. The van der Waals surface area contributed by atoms with Crippen molar-refractivity contribution in [3.63, 3.8) is 0 Å². The maximum Gasteiger partial charge on any atom is 0.329 e. The van der Waals surface area contributed by atoms with Gasteiger partial charge in [0.15, 0.2) is 5.76 Å². The standard InChI is InChI=1S/C17H15Cl2NO4/c18-12-6-5-11(9-13(12)19)10-24-17(22)14-3-1-7-20(14)16(21)15-4-2-8-23-15/h2,4-6,8-9,14H,1,3,7,10H2/t14-/m0/s1. The molecule has 2 heterocycles. The van der Waals surface area contributed by atoms with Crippen LogP contribution in [0.1, 0.15) is 29.0 Å². The molecule has 126 valence electrons. The molecule has 24 heavy (non-hydrogen) atoms. The smallest absolute Gasteiger partial charge is 0.329 e. The Morgan fingerprint density at radius 2 is 2.08 bits per heavy atom. The number of esters is 1. The van der Waals surface area contributed by atoms with Crippen molar-refractivity contribution in [2.45, 2.75) is 25.5 Å². The van der Waals surface area contributed by atoms with E-state index in [0.717, 1.165) is 12.0 Å². The summed E-state index contributed by atoms with van der Waals surface area (Å²) in [7, 11) is 0. The second-order valence-electron chi connectivity index (χ2n) is 5.49. The van der Waals surface area contributed by atoms with Crippen molar-refractivity contribution < 1.29 is 18.7 Å². The SMILES string of the molecule is O=C(OCc1ccc(Cl)c(Cl)c1)[C@@H]1CCCN1C(=O)c1ccco1. The van der Waals surface area contributed by atoms with Crippen LogP contribution in [0.5, 0.6) is 0 Å². The van der Waals surface area contributed by atoms with Crippen LogP contribution >= 0.6 is 23.2 Å². The predicted molar refractivity (Wildman–Crippen MR) is 89.0 cm³/mol. The quantitative estimate of drug-likeness (QED) is 0.768. The van der Waals surface area contributed by atoms with Crippen molar-refractivity contribution in [2.75, 3.05) is 6.54 Å². The Hall–Kier alpha value is -1.98. The molecule has 1 aliphatic rings. The maximum atomic E-state index is 12.4. The lowest BCUT2D eigenvalue weighted by Crippen LogP contribution is -2.41. The monoisotopic (exact) mass is 367 g/mol. The fraction of sp³-hybridized carbons (Fsp3) is 0.294. The number of furan rings is 1. The molecule has 0 radical (unpaired) electrons. The van der Waals surface area contributed by atoms with Gasteiger partial charge in [-0.25, -0.2) is 4.79 Å². The summed E-state index contributed by atoms with van der Waals surface area (Å²) in [4.78, 5) is 26.2. The molecular formula is C17H15Cl2NO4. The minimum atomic E-state index is -0.592. The number of carbonyl (C=O) groups is 2. The third-order valence-corrected chi connectivity index (χ3v) is 4.62. The first-order chi connectivity index (χ1) is 11.6. The van der Waals surface area contributed by atoms with Gasteiger partial charge in [-0.2, -0.15) is 0 Å². The van der Waals surface area contributed by atoms with Crippen LogP contribution in [0.4, 0.5) is 0 Å². The summed E-state index contributed by atoms with van der Waals surface area (Å²) in [6, 6.07) is 7.67. The van der Waals surface area contributed by atoms with Gasteiger partial charge in [0.25, 0.3) is 5.91 Å². The van der Waals surface area contributed by atoms with Gasteiger partial charge in [0.05, 0.1) is 16.3 Å². The molecule has 0 N–H and O–H groups in total. The Bertz CT molecular complexity index is 745. The lowest BCUT2D eigenvalue weighted by atomic mass is 10.2. The fourth-order valence-electron chi connectivity index (χ4n) is 2.68. The number of hydrogen-bond acceptors (Lipinski definition) is 4. The van der Waals surface area contributed by atoms with Crippen LogP contribution in [0, 0.1) is 0 Å². The molecule has 1 fully saturated rings. The molecule has 7 heteroatoms. The van der Waals surface area contributed by atoms with Gasteiger partial charge in [-0.1, -0.05) is 29.3 Å². The highest BCUT2D eigenvalue weighted by Crippen LogP contribution is 2.24. The Morgan fingerprint density at radius 1 is 1.25 bits per heavy atom. The van der Waals surface area contributed by atoms with E-state index < -0.39 is 12.0 Å². The maximum absolute atomic E-state index is 12.4. The van der Waals surface area contributed by atoms with Crippen LogP contribution in [0.15, 0.2) is 41.0 Å². The minimum absolute atomic E-state index is 0.0784. The molecule has 0 unspecified atom stereocenters. The molecule has 1 aliphatic heterocycles. The lowest BCUT2D eigenvalue weighted by molar-refractivity contribution is -0.149. The molecule has 1 amide bonds. The van der Waals surface area contributed by atoms with E-state index in [2.05, 4.69) is 0 Å². The van der Waals surface area contributed by atoms with Crippen LogP contribution in [-0.4, -0.2) is 29.4 Å². The van der Waals surface area contributed by atoms with Crippen LogP contribution in [-0.2, 0) is 16.1 Å². The summed E-state index contributed by atoms with van der Waals surface area (Å²) in [6.07, 6.45) is 2.76. The normalized spacial score (nSPS) is 17.1. The van der Waals surface area contributed by atoms with E-state index in [1.807, 2.05) is 0 Å². The molecule has 0 bridgehead atoms. The van der Waals surface area contributed by atoms with Crippen molar-refractivity contribution in [3.05, 3.63) is 58.0 Å². The number of rotatable bonds is 4. The number of hydrogen-bond donors (Lipinski definition) is 0. The zero-order chi connectivity index (χ0) is 17.1. The van der Waals surface area contributed by atoms with Crippen LogP contribution < -0.4 is 0 Å². The molecule has 5 nitrogen and oxygen atoms in total. The molecule has 1 aromatic heterocycles. The van der Waals surface area contributed by atoms with Gasteiger partial charge in [-0.05, 0) is 42.7 Å². The molecule has 0 aliphatic carbocycles. The summed E-state index contributed by atoms with van der Waals surface area (Å²) >= 11 is 11.8. The number of halogens is 2. The summed E-state index contributed by atoms with van der Waals surface area (Å²) in [6.45, 7) is 0.584. The topological polar surface area (TPSA) is 59.8 Å². The largest absolute Gasteiger partial charge is 0.459 e. The number of carbonyl (C=O) groups excluding carboxylic acids is 2. The van der Waals surface area contributed by atoms with E-state index in [9.17, 15) is 9.59 Å². The molecule has 1 atom stereocenters. The molecule has 3 rings (SSSR count). The predicted octanol–water partition coefficient (Wildman–Crippen LogP) is 3.93. The zero-order valence-corrected chi connectivity index (χ0v) is 14.2. The van der Waals surface area contributed by atoms with E-state index >= 15 is 0 Å². The van der Waals surface area contributed by atoms with Crippen LogP contribution in [0.25, 0.3) is 0 Å². The summed E-state index contributed by atoms with van der Waals surface area (Å²) in [5, 5.41) is 0.846. The highest BCUT2D eigenvalue weighted by molar-refractivity contribution is 6.42. The first-order valence-corrected chi connectivity index (χ1v) is 8.27. The molecular weight excluding hydrogens is 353 g/mol. The number of likely N-dealkylation sites (tertiary alicyclic amines) is 1. The van der Waals surface area contributed by atoms with E-state index in [1.54, 1.807) is 30.3 Å². The van der Waals surface area contributed by atoms with Crippen LogP contribution in [0.3, 0.4) is 0 Å². The second kappa shape index (κ2) is 7.28. The van der Waals surface area contributed by atoms with Gasteiger partial charge in [0, 0.05) is 6.54 Å². The van der Waals surface area contributed by atoms with Gasteiger partial charge in [-0.3, -0.25) is 4.79 Å². The third-order valence-electron chi connectivity index (χ3n) is 3.88. The average molecular weight is 368 g/mol. The van der Waals surface area contributed by atoms with Gasteiger partial charge in [0.2, 0.25) is 0 Å². The van der Waals surface area contributed by atoms with Crippen LogP contribution in [0.2, 0.25) is 10.0 Å². The van der Waals surface area contributed by atoms with Crippen molar-refractivity contribution in [2.24, 2.45) is 0 Å². The highest BCUT2D eigenvalue weighted by Gasteiger charge is 2.36. The zero-order valence-electron chi connectivity index (χ0n) is 12.7. The van der Waals surface area contributed by atoms with Gasteiger partial charge >= 0.3 is 5.97 Å². The number of ether oxygens (including phenoxy) is 1. The molecule has 0 saturated carbocycles. The van der Waals surface area contributed by atoms with Gasteiger partial charge in [0.1, 0.15) is 12.6 Å². The van der Waals surface area contributed by atoms with Crippen molar-refractivity contribution >= 4 is 35.1 Å². The third kappa shape index (κ3) is 3.57. The summed E-state index contributed by atoms with van der Waals surface area (Å²) < 4.78 is 10.5. The van der Waals surface area contributed by atoms with E-state index in [-0.39, 0.29) is 18.3 Å². The second-order valence-corrected chi connectivity index (χ2v) is 6.30. The fourth-order valence-corrected chi connectivity index (χ4v) is 3.00. The van der Waals surface area contributed by atoms with E-state index in [0.29, 0.717) is 23.0 Å². The Morgan fingerprint density at radius 3 is 2.79 bits per heavy atom. The lowest BCUT2D eigenvalue weighted by Gasteiger charge is -2.22. The average Bonchev–Trinajstić information content (AvgIpc) is 3.26. The first-order valence-electron chi connectivity index (χ1n) is 7.51. The number of amides is 1. The number of benzene rings is 1. The molecule has 1 aromatic carbocycles. The molecule has 1 saturated heterocycles. The Labute approximate surface area is 149 Å². The van der Waals surface area contributed by atoms with E-state index in [4.69, 9.17) is 32.4 Å². The van der Waals surface area contributed by atoms with Crippen molar-refractivity contribution in [1.29, 1.82) is 0 Å².